The molecule has 2 N–H and O–H groups in total. The van der Waals surface area contributed by atoms with E-state index in [0.717, 1.165) is 34.3 Å². The van der Waals surface area contributed by atoms with Crippen molar-refractivity contribution < 1.29 is 9.13 Å². The van der Waals surface area contributed by atoms with Crippen LogP contribution in [0, 0.1) is 5.82 Å². The first kappa shape index (κ1) is 18.8. The Morgan fingerprint density at radius 3 is 2.93 bits per heavy atom. The molecular weight excluding hydrogens is 405 g/mol. The van der Waals surface area contributed by atoms with Gasteiger partial charge in [0.1, 0.15) is 24.0 Å². The molecule has 0 bridgehead atoms. The molecule has 5 rings (SSSR count). The molecule has 30 heavy (non-hydrogen) atoms. The van der Waals surface area contributed by atoms with Crippen LogP contribution in [-0.4, -0.2) is 32.8 Å². The summed E-state index contributed by atoms with van der Waals surface area (Å²) in [6.45, 7) is 2.62. The van der Waals surface area contributed by atoms with Crippen LogP contribution in [0.4, 0.5) is 10.2 Å². The topological polar surface area (TPSA) is 69.2 Å². The molecule has 6 nitrogen and oxygen atoms in total. The van der Waals surface area contributed by atoms with Gasteiger partial charge in [0.25, 0.3) is 0 Å². The second-order valence-corrected chi connectivity index (χ2v) is 7.76. The van der Waals surface area contributed by atoms with Crippen LogP contribution in [0.1, 0.15) is 11.1 Å². The number of aromatic nitrogens is 3. The lowest BCUT2D eigenvalue weighted by molar-refractivity contribution is 0.219. The number of anilines is 1. The highest BCUT2D eigenvalue weighted by molar-refractivity contribution is 6.32. The maximum absolute atomic E-state index is 13.6. The molecule has 1 aliphatic heterocycles. The van der Waals surface area contributed by atoms with Gasteiger partial charge in [-0.15, -0.1) is 5.10 Å². The quantitative estimate of drug-likeness (QED) is 0.535. The van der Waals surface area contributed by atoms with E-state index in [1.807, 2.05) is 29.0 Å². The molecule has 0 unspecified atom stereocenters. The van der Waals surface area contributed by atoms with Crippen LogP contribution in [0.5, 0.6) is 5.75 Å². The number of fused-ring (bicyclic) bond motifs is 2. The average Bonchev–Trinajstić information content (AvgIpc) is 3.01. The predicted octanol–water partition coefficient (Wildman–Crippen LogP) is 4.19. The summed E-state index contributed by atoms with van der Waals surface area (Å²) in [5.74, 6) is 0.855. The Morgan fingerprint density at radius 2 is 2.07 bits per heavy atom. The van der Waals surface area contributed by atoms with E-state index in [2.05, 4.69) is 21.2 Å². The Morgan fingerprint density at radius 1 is 1.17 bits per heavy atom. The third-order valence-corrected chi connectivity index (χ3v) is 5.50. The number of nitrogen functional groups attached to an aromatic ring is 1. The van der Waals surface area contributed by atoms with E-state index in [0.29, 0.717) is 36.3 Å². The van der Waals surface area contributed by atoms with E-state index in [9.17, 15) is 4.39 Å². The van der Waals surface area contributed by atoms with Gasteiger partial charge < -0.3 is 15.0 Å². The number of halogens is 2. The van der Waals surface area contributed by atoms with Gasteiger partial charge in [-0.1, -0.05) is 11.6 Å². The second kappa shape index (κ2) is 7.59. The summed E-state index contributed by atoms with van der Waals surface area (Å²) in [5, 5.41) is 9.13. The Balaban J connectivity index is 1.50. The fourth-order valence-corrected chi connectivity index (χ4v) is 4.18. The molecule has 8 heteroatoms. The molecular formula is C22H19ClFN5O. The first-order valence-corrected chi connectivity index (χ1v) is 9.96. The molecule has 0 fully saturated rings. The molecule has 152 valence electrons. The molecule has 0 amide bonds. The summed E-state index contributed by atoms with van der Waals surface area (Å²) in [7, 11) is 0. The van der Waals surface area contributed by atoms with Crippen LogP contribution in [0.15, 0.2) is 54.9 Å². The molecule has 0 saturated heterocycles. The monoisotopic (exact) mass is 423 g/mol. The maximum atomic E-state index is 13.6. The van der Waals surface area contributed by atoms with E-state index in [4.69, 9.17) is 22.1 Å². The number of nitrogens with zero attached hydrogens (tertiary/aromatic N) is 4. The third kappa shape index (κ3) is 3.58. The van der Waals surface area contributed by atoms with Crippen LogP contribution in [-0.2, 0) is 13.1 Å². The first-order chi connectivity index (χ1) is 14.6. The van der Waals surface area contributed by atoms with E-state index in [1.165, 1.54) is 12.1 Å². The zero-order valence-electron chi connectivity index (χ0n) is 16.1. The number of hydrogen-bond acceptors (Lipinski definition) is 5. The molecule has 0 radical (unpaired) electrons. The molecule has 4 aromatic rings. The van der Waals surface area contributed by atoms with E-state index >= 15 is 0 Å². The SMILES string of the molecule is Nc1cc(CN2CCOc3c(Cl)cc(-n4ccc5cc(F)ccc54)cc3C2)cnn1. The summed E-state index contributed by atoms with van der Waals surface area (Å²) >= 11 is 6.59. The summed E-state index contributed by atoms with van der Waals surface area (Å²) in [6, 6.07) is 12.4. The average molecular weight is 424 g/mol. The lowest BCUT2D eigenvalue weighted by Gasteiger charge is -2.19. The van der Waals surface area contributed by atoms with Crippen molar-refractivity contribution in [3.63, 3.8) is 0 Å². The molecule has 0 spiro atoms. The highest BCUT2D eigenvalue weighted by Crippen LogP contribution is 2.35. The standard InChI is InChI=1S/C22H19ClFN5O/c23-19-10-18(29-4-3-15-8-17(24)1-2-20(15)29)9-16-13-28(5-6-30-22(16)19)12-14-7-21(25)27-26-11-14/h1-4,7-11H,5-6,12-13H2,(H2,25,27). The fourth-order valence-electron chi connectivity index (χ4n) is 3.89. The van der Waals surface area contributed by atoms with Gasteiger partial charge in [-0.25, -0.2) is 4.39 Å². The Labute approximate surface area is 177 Å². The summed E-state index contributed by atoms with van der Waals surface area (Å²) in [6.07, 6.45) is 3.64. The van der Waals surface area contributed by atoms with Gasteiger partial charge in [0, 0.05) is 42.5 Å². The summed E-state index contributed by atoms with van der Waals surface area (Å²) < 4.78 is 21.5. The van der Waals surface area contributed by atoms with Crippen molar-refractivity contribution in [1.82, 2.24) is 19.7 Å². The van der Waals surface area contributed by atoms with Gasteiger partial charge in [0.15, 0.2) is 0 Å². The second-order valence-electron chi connectivity index (χ2n) is 7.35. The largest absolute Gasteiger partial charge is 0.490 e. The van der Waals surface area contributed by atoms with Crippen molar-refractivity contribution in [2.24, 2.45) is 0 Å². The van der Waals surface area contributed by atoms with Crippen molar-refractivity contribution in [3.8, 4) is 11.4 Å². The van der Waals surface area contributed by atoms with E-state index < -0.39 is 0 Å². The van der Waals surface area contributed by atoms with E-state index in [1.54, 1.807) is 12.3 Å². The van der Waals surface area contributed by atoms with Crippen molar-refractivity contribution >= 4 is 28.3 Å². The van der Waals surface area contributed by atoms with Crippen molar-refractivity contribution in [3.05, 3.63) is 76.8 Å². The molecule has 2 aromatic heterocycles. The number of hydrogen-bond donors (Lipinski definition) is 1. The van der Waals surface area contributed by atoms with Crippen molar-refractivity contribution in [2.45, 2.75) is 13.1 Å². The smallest absolute Gasteiger partial charge is 0.146 e. The third-order valence-electron chi connectivity index (χ3n) is 5.22. The van der Waals surface area contributed by atoms with Crippen LogP contribution in [0.25, 0.3) is 16.6 Å². The van der Waals surface area contributed by atoms with Crippen molar-refractivity contribution in [1.29, 1.82) is 0 Å². The minimum Gasteiger partial charge on any atom is -0.490 e. The molecule has 2 aromatic carbocycles. The summed E-state index contributed by atoms with van der Waals surface area (Å²) in [5.41, 5.74) is 9.56. The molecule has 0 saturated carbocycles. The highest BCUT2D eigenvalue weighted by atomic mass is 35.5. The Bertz CT molecular complexity index is 1240. The number of rotatable bonds is 3. The van der Waals surface area contributed by atoms with Gasteiger partial charge in [-0.2, -0.15) is 5.10 Å². The number of nitrogens with two attached hydrogens (primary N) is 1. The fraction of sp³-hybridized carbons (Fsp3) is 0.182. The van der Waals surface area contributed by atoms with Gasteiger partial charge in [0.2, 0.25) is 0 Å². The lowest BCUT2D eigenvalue weighted by Crippen LogP contribution is -2.25. The van der Waals surface area contributed by atoms with Gasteiger partial charge >= 0.3 is 0 Å². The number of ether oxygens (including phenoxy) is 1. The van der Waals surface area contributed by atoms with Gasteiger partial charge in [-0.05, 0) is 48.0 Å². The minimum absolute atomic E-state index is 0.254. The molecule has 0 aliphatic carbocycles. The molecule has 3 heterocycles. The van der Waals surface area contributed by atoms with Crippen LogP contribution in [0.3, 0.4) is 0 Å². The van der Waals surface area contributed by atoms with Gasteiger partial charge in [0.05, 0.1) is 16.7 Å². The maximum Gasteiger partial charge on any atom is 0.146 e. The number of benzene rings is 2. The zero-order valence-corrected chi connectivity index (χ0v) is 16.8. The van der Waals surface area contributed by atoms with Crippen LogP contribution >= 0.6 is 11.6 Å². The van der Waals surface area contributed by atoms with Crippen LogP contribution < -0.4 is 10.5 Å². The summed E-state index contributed by atoms with van der Waals surface area (Å²) in [4.78, 5) is 2.26. The normalized spacial score (nSPS) is 14.3. The first-order valence-electron chi connectivity index (χ1n) is 9.58. The molecule has 0 atom stereocenters. The minimum atomic E-state index is -0.254. The van der Waals surface area contributed by atoms with E-state index in [-0.39, 0.29) is 5.82 Å². The van der Waals surface area contributed by atoms with Crippen molar-refractivity contribution in [2.75, 3.05) is 18.9 Å². The zero-order chi connectivity index (χ0) is 20.7. The highest BCUT2D eigenvalue weighted by Gasteiger charge is 2.20. The Kier molecular flexibility index (Phi) is 4.77. The van der Waals surface area contributed by atoms with Crippen LogP contribution in [0.2, 0.25) is 5.02 Å². The van der Waals surface area contributed by atoms with Gasteiger partial charge in [-0.3, -0.25) is 4.90 Å². The lowest BCUT2D eigenvalue weighted by atomic mass is 10.1. The Hall–Kier alpha value is -3.16. The molecule has 1 aliphatic rings. The predicted molar refractivity (Wildman–Crippen MR) is 114 cm³/mol.